The molecule has 1 atom stereocenters. The number of hydrogen-bond donors (Lipinski definition) is 0. The second kappa shape index (κ2) is 7.98. The minimum atomic E-state index is 0.367. The van der Waals surface area contributed by atoms with Crippen LogP contribution in [0.1, 0.15) is 46.5 Å². The van der Waals surface area contributed by atoms with Gasteiger partial charge in [0.25, 0.3) is 0 Å². The Hall–Kier alpha value is -0.370. The third-order valence-electron chi connectivity index (χ3n) is 2.26. The van der Waals surface area contributed by atoms with Gasteiger partial charge in [-0.25, -0.2) is 0 Å². The van der Waals surface area contributed by atoms with E-state index < -0.39 is 0 Å². The van der Waals surface area contributed by atoms with Gasteiger partial charge in [0.15, 0.2) is 0 Å². The molecular formula is C12H24O2. The van der Waals surface area contributed by atoms with Crippen molar-refractivity contribution < 1.29 is 9.53 Å². The number of ketones is 1. The lowest BCUT2D eigenvalue weighted by Crippen LogP contribution is -2.10. The highest BCUT2D eigenvalue weighted by atomic mass is 16.5. The second-order valence-electron chi connectivity index (χ2n) is 4.59. The molecule has 0 fully saturated rings. The SMILES string of the molecule is COCC(C)CC(=O)CCCC(C)C. The molecule has 0 aromatic rings. The molecule has 2 nitrogen and oxygen atoms in total. The summed E-state index contributed by atoms with van der Waals surface area (Å²) in [4.78, 5) is 11.5. The average Bonchev–Trinajstić information content (AvgIpc) is 2.03. The van der Waals surface area contributed by atoms with Crippen LogP contribution in [0.2, 0.25) is 0 Å². The van der Waals surface area contributed by atoms with E-state index in [4.69, 9.17) is 4.74 Å². The molecule has 0 aromatic heterocycles. The zero-order chi connectivity index (χ0) is 11.0. The molecule has 0 saturated heterocycles. The van der Waals surface area contributed by atoms with Crippen LogP contribution in [-0.2, 0) is 9.53 Å². The Labute approximate surface area is 88.0 Å². The summed E-state index contributed by atoms with van der Waals surface area (Å²) in [5.74, 6) is 1.46. The van der Waals surface area contributed by atoms with Gasteiger partial charge in [0, 0.05) is 26.6 Å². The van der Waals surface area contributed by atoms with Crippen LogP contribution in [0.15, 0.2) is 0 Å². The van der Waals surface area contributed by atoms with Crippen molar-refractivity contribution in [3.05, 3.63) is 0 Å². The Morgan fingerprint density at radius 3 is 2.43 bits per heavy atom. The van der Waals surface area contributed by atoms with Crippen LogP contribution in [0.5, 0.6) is 0 Å². The van der Waals surface area contributed by atoms with Crippen molar-refractivity contribution in [2.75, 3.05) is 13.7 Å². The van der Waals surface area contributed by atoms with Crippen LogP contribution in [0.4, 0.5) is 0 Å². The largest absolute Gasteiger partial charge is 0.384 e. The van der Waals surface area contributed by atoms with Gasteiger partial charge in [-0.15, -0.1) is 0 Å². The molecule has 0 radical (unpaired) electrons. The highest BCUT2D eigenvalue weighted by Gasteiger charge is 2.08. The van der Waals surface area contributed by atoms with E-state index in [9.17, 15) is 4.79 Å². The number of Topliss-reactive ketones (excluding diaryl/α,β-unsaturated/α-hetero) is 1. The highest BCUT2D eigenvalue weighted by molar-refractivity contribution is 5.78. The number of carbonyl (C=O) groups is 1. The molecule has 0 spiro atoms. The summed E-state index contributed by atoms with van der Waals surface area (Å²) in [5.41, 5.74) is 0. The lowest BCUT2D eigenvalue weighted by Gasteiger charge is -2.09. The van der Waals surface area contributed by atoms with Crippen LogP contribution in [0.3, 0.4) is 0 Å². The third-order valence-corrected chi connectivity index (χ3v) is 2.26. The van der Waals surface area contributed by atoms with Gasteiger partial charge < -0.3 is 4.74 Å². The maximum atomic E-state index is 11.5. The lowest BCUT2D eigenvalue weighted by molar-refractivity contribution is -0.120. The maximum Gasteiger partial charge on any atom is 0.133 e. The molecule has 14 heavy (non-hydrogen) atoms. The van der Waals surface area contributed by atoms with Gasteiger partial charge in [0.1, 0.15) is 5.78 Å². The average molecular weight is 200 g/mol. The van der Waals surface area contributed by atoms with Crippen molar-refractivity contribution in [2.24, 2.45) is 11.8 Å². The topological polar surface area (TPSA) is 26.3 Å². The molecule has 2 heteroatoms. The van der Waals surface area contributed by atoms with Gasteiger partial charge in [0.05, 0.1) is 0 Å². The van der Waals surface area contributed by atoms with Crippen molar-refractivity contribution in [1.82, 2.24) is 0 Å². The molecule has 0 aromatic carbocycles. The molecule has 0 saturated carbocycles. The van der Waals surface area contributed by atoms with E-state index >= 15 is 0 Å². The molecule has 1 unspecified atom stereocenters. The lowest BCUT2D eigenvalue weighted by atomic mass is 9.99. The first kappa shape index (κ1) is 13.6. The Kier molecular flexibility index (Phi) is 7.77. The minimum Gasteiger partial charge on any atom is -0.384 e. The first-order valence-corrected chi connectivity index (χ1v) is 5.56. The van der Waals surface area contributed by atoms with Gasteiger partial charge in [-0.05, 0) is 18.3 Å². The van der Waals surface area contributed by atoms with Crippen LogP contribution < -0.4 is 0 Å². The molecular weight excluding hydrogens is 176 g/mol. The zero-order valence-electron chi connectivity index (χ0n) is 10.0. The van der Waals surface area contributed by atoms with Gasteiger partial charge in [0.2, 0.25) is 0 Å². The smallest absolute Gasteiger partial charge is 0.133 e. The quantitative estimate of drug-likeness (QED) is 0.602. The first-order chi connectivity index (χ1) is 6.56. The molecule has 0 aliphatic rings. The fraction of sp³-hybridized carbons (Fsp3) is 0.917. The van der Waals surface area contributed by atoms with Crippen LogP contribution in [0.25, 0.3) is 0 Å². The van der Waals surface area contributed by atoms with Crippen molar-refractivity contribution in [1.29, 1.82) is 0 Å². The Morgan fingerprint density at radius 1 is 1.29 bits per heavy atom. The summed E-state index contributed by atoms with van der Waals surface area (Å²) in [7, 11) is 1.68. The Morgan fingerprint density at radius 2 is 1.93 bits per heavy atom. The minimum absolute atomic E-state index is 0.367. The fourth-order valence-corrected chi connectivity index (χ4v) is 1.54. The Balaban J connectivity index is 3.45. The number of methoxy groups -OCH3 is 1. The summed E-state index contributed by atoms with van der Waals surface area (Å²) >= 11 is 0. The monoisotopic (exact) mass is 200 g/mol. The highest BCUT2D eigenvalue weighted by Crippen LogP contribution is 2.10. The fourth-order valence-electron chi connectivity index (χ4n) is 1.54. The molecule has 0 heterocycles. The van der Waals surface area contributed by atoms with Gasteiger partial charge >= 0.3 is 0 Å². The summed E-state index contributed by atoms with van der Waals surface area (Å²) in [6.45, 7) is 7.13. The van der Waals surface area contributed by atoms with E-state index in [0.717, 1.165) is 19.3 Å². The zero-order valence-corrected chi connectivity index (χ0v) is 10.0. The van der Waals surface area contributed by atoms with E-state index in [2.05, 4.69) is 20.8 Å². The molecule has 0 bridgehead atoms. The molecule has 84 valence electrons. The maximum absolute atomic E-state index is 11.5. The van der Waals surface area contributed by atoms with E-state index in [-0.39, 0.29) is 0 Å². The number of hydrogen-bond acceptors (Lipinski definition) is 2. The second-order valence-corrected chi connectivity index (χ2v) is 4.59. The Bertz CT molecular complexity index is 152. The normalized spacial score (nSPS) is 13.2. The first-order valence-electron chi connectivity index (χ1n) is 5.56. The van der Waals surface area contributed by atoms with Crippen molar-refractivity contribution >= 4 is 5.78 Å². The molecule has 0 aliphatic carbocycles. The van der Waals surface area contributed by atoms with Crippen LogP contribution in [-0.4, -0.2) is 19.5 Å². The molecule has 0 rings (SSSR count). The number of carbonyl (C=O) groups excluding carboxylic acids is 1. The predicted octanol–water partition coefficient (Wildman–Crippen LogP) is 3.05. The van der Waals surface area contributed by atoms with Gasteiger partial charge in [-0.1, -0.05) is 27.2 Å². The van der Waals surface area contributed by atoms with E-state index in [0.29, 0.717) is 30.6 Å². The molecule has 0 amide bonds. The third kappa shape index (κ3) is 8.24. The van der Waals surface area contributed by atoms with Gasteiger partial charge in [-0.3, -0.25) is 4.79 Å². The van der Waals surface area contributed by atoms with E-state index in [1.54, 1.807) is 7.11 Å². The number of rotatable bonds is 8. The predicted molar refractivity (Wildman–Crippen MR) is 59.4 cm³/mol. The molecule has 0 aliphatic heterocycles. The number of ether oxygens (including phenoxy) is 1. The van der Waals surface area contributed by atoms with Gasteiger partial charge in [-0.2, -0.15) is 0 Å². The summed E-state index contributed by atoms with van der Waals surface area (Å²) in [6, 6.07) is 0. The van der Waals surface area contributed by atoms with E-state index in [1.807, 2.05) is 0 Å². The van der Waals surface area contributed by atoms with Crippen molar-refractivity contribution in [3.63, 3.8) is 0 Å². The van der Waals surface area contributed by atoms with Crippen LogP contribution >= 0.6 is 0 Å². The summed E-state index contributed by atoms with van der Waals surface area (Å²) < 4.78 is 4.99. The van der Waals surface area contributed by atoms with Crippen molar-refractivity contribution in [3.8, 4) is 0 Å². The summed E-state index contributed by atoms with van der Waals surface area (Å²) in [5, 5.41) is 0. The molecule has 0 N–H and O–H groups in total. The van der Waals surface area contributed by atoms with Crippen LogP contribution in [0, 0.1) is 11.8 Å². The standard InChI is InChI=1S/C12H24O2/c1-10(2)6-5-7-12(13)8-11(3)9-14-4/h10-11H,5-9H2,1-4H3. The summed E-state index contributed by atoms with van der Waals surface area (Å²) in [6.07, 6.45) is 3.61. The van der Waals surface area contributed by atoms with E-state index in [1.165, 1.54) is 0 Å². The van der Waals surface area contributed by atoms with Crippen molar-refractivity contribution in [2.45, 2.75) is 46.5 Å².